The Kier molecular flexibility index (Phi) is 10.1. The summed E-state index contributed by atoms with van der Waals surface area (Å²) in [5.74, 6) is 0.153. The fraction of sp³-hybridized carbons (Fsp3) is 0.371. The van der Waals surface area contributed by atoms with E-state index >= 15 is 0 Å². The van der Waals surface area contributed by atoms with Crippen molar-refractivity contribution in [2.45, 2.75) is 59.1 Å². The number of hydrogen-bond acceptors (Lipinski definition) is 5. The molecule has 0 atom stereocenters. The van der Waals surface area contributed by atoms with E-state index in [9.17, 15) is 9.18 Å². The number of carbonyl (C=O) groups excluding carboxylic acids is 1. The van der Waals surface area contributed by atoms with E-state index in [0.717, 1.165) is 57.9 Å². The Labute approximate surface area is 252 Å². The lowest BCUT2D eigenvalue weighted by Gasteiger charge is -2.12. The third-order valence-corrected chi connectivity index (χ3v) is 7.74. The normalized spacial score (nSPS) is 11.4. The summed E-state index contributed by atoms with van der Waals surface area (Å²) in [6.45, 7) is 6.53. The summed E-state index contributed by atoms with van der Waals surface area (Å²) in [6.07, 6.45) is 4.03. The number of benzene rings is 3. The maximum atomic E-state index is 13.7. The lowest BCUT2D eigenvalue weighted by molar-refractivity contribution is 0.0512. The number of aromatic nitrogens is 3. The first-order chi connectivity index (χ1) is 21.0. The second-order valence-corrected chi connectivity index (χ2v) is 10.7. The molecule has 0 spiro atoms. The smallest absolute Gasteiger partial charge is 0.355 e. The molecule has 7 nitrogen and oxygen atoms in total. The number of fused-ring (bicyclic) bond motifs is 2. The Morgan fingerprint density at radius 3 is 2.60 bits per heavy atom. The highest BCUT2D eigenvalue weighted by molar-refractivity contribution is 5.99. The standard InChI is InChI=1S/C35H40FN3O4/c1-4-28-23-27(37-38(28)3)24-41-20-9-8-19-39-32-15-7-6-13-30(32)31(34(39)35(40)42-5-2)14-11-21-43-33-16-10-12-25-22-26(36)17-18-29(25)33/h6-7,10,12-13,15-18,22-23H,4-5,8-9,11,14,19-21,24H2,1-3H3. The molecule has 0 N–H and O–H groups in total. The molecule has 0 saturated carbocycles. The van der Waals surface area contributed by atoms with Crippen molar-refractivity contribution in [1.29, 1.82) is 0 Å². The van der Waals surface area contributed by atoms with Crippen molar-refractivity contribution >= 4 is 27.6 Å². The van der Waals surface area contributed by atoms with Gasteiger partial charge in [0.15, 0.2) is 0 Å². The van der Waals surface area contributed by atoms with E-state index in [0.29, 0.717) is 51.5 Å². The largest absolute Gasteiger partial charge is 0.493 e. The highest BCUT2D eigenvalue weighted by Crippen LogP contribution is 2.30. The van der Waals surface area contributed by atoms with Crippen LogP contribution in [0.4, 0.5) is 4.39 Å². The number of ether oxygens (including phenoxy) is 3. The molecular formula is C35H40FN3O4. The maximum Gasteiger partial charge on any atom is 0.355 e. The molecule has 5 aromatic rings. The van der Waals surface area contributed by atoms with Crippen molar-refractivity contribution in [3.8, 4) is 5.75 Å². The number of aryl methyl sites for hydroxylation is 4. The van der Waals surface area contributed by atoms with Crippen molar-refractivity contribution in [2.75, 3.05) is 19.8 Å². The molecule has 0 saturated heterocycles. The van der Waals surface area contributed by atoms with Gasteiger partial charge in [-0.3, -0.25) is 4.68 Å². The van der Waals surface area contributed by atoms with Crippen molar-refractivity contribution in [3.63, 3.8) is 0 Å². The van der Waals surface area contributed by atoms with E-state index in [1.54, 1.807) is 6.07 Å². The molecule has 8 heteroatoms. The lowest BCUT2D eigenvalue weighted by Crippen LogP contribution is -2.15. The molecule has 0 radical (unpaired) electrons. The van der Waals surface area contributed by atoms with Gasteiger partial charge in [0.05, 0.1) is 25.5 Å². The van der Waals surface area contributed by atoms with Gasteiger partial charge in [0.25, 0.3) is 0 Å². The van der Waals surface area contributed by atoms with Crippen molar-refractivity contribution in [1.82, 2.24) is 14.3 Å². The van der Waals surface area contributed by atoms with Crippen LogP contribution in [0.5, 0.6) is 5.75 Å². The minimum atomic E-state index is -0.302. The summed E-state index contributed by atoms with van der Waals surface area (Å²) in [7, 11) is 1.96. The minimum Gasteiger partial charge on any atom is -0.493 e. The zero-order valence-corrected chi connectivity index (χ0v) is 25.3. The first-order valence-electron chi connectivity index (χ1n) is 15.2. The Morgan fingerprint density at radius 2 is 1.79 bits per heavy atom. The van der Waals surface area contributed by atoms with E-state index < -0.39 is 0 Å². The predicted octanol–water partition coefficient (Wildman–Crippen LogP) is 7.41. The highest BCUT2D eigenvalue weighted by Gasteiger charge is 2.23. The zero-order valence-electron chi connectivity index (χ0n) is 25.3. The molecule has 0 fully saturated rings. The molecule has 0 amide bonds. The SMILES string of the molecule is CCOC(=O)c1c(CCCOc2cccc3cc(F)ccc23)c2ccccc2n1CCCCOCc1cc(CC)n(C)n1. The molecule has 0 unspecified atom stereocenters. The predicted molar refractivity (Wildman–Crippen MR) is 167 cm³/mol. The number of unbranched alkanes of at least 4 members (excludes halogenated alkanes) is 1. The van der Waals surface area contributed by atoms with Crippen LogP contribution in [-0.4, -0.2) is 40.1 Å². The number of halogens is 1. The van der Waals surface area contributed by atoms with Crippen LogP contribution in [0, 0.1) is 5.82 Å². The highest BCUT2D eigenvalue weighted by atomic mass is 19.1. The second-order valence-electron chi connectivity index (χ2n) is 10.7. The van der Waals surface area contributed by atoms with Crippen molar-refractivity contribution in [3.05, 3.63) is 95.2 Å². The van der Waals surface area contributed by atoms with Gasteiger partial charge in [0.1, 0.15) is 17.3 Å². The molecule has 0 aliphatic heterocycles. The van der Waals surface area contributed by atoms with Crippen LogP contribution in [-0.2, 0) is 42.5 Å². The van der Waals surface area contributed by atoms with Crippen LogP contribution < -0.4 is 4.74 Å². The Bertz CT molecular complexity index is 1690. The van der Waals surface area contributed by atoms with Crippen LogP contribution in [0.2, 0.25) is 0 Å². The quantitative estimate of drug-likeness (QED) is 0.0945. The number of carbonyl (C=O) groups is 1. The van der Waals surface area contributed by atoms with Gasteiger partial charge in [-0.15, -0.1) is 0 Å². The molecule has 0 aliphatic rings. The Hall–Kier alpha value is -4.17. The molecule has 3 aromatic carbocycles. The van der Waals surface area contributed by atoms with Crippen LogP contribution in [0.3, 0.4) is 0 Å². The van der Waals surface area contributed by atoms with Crippen LogP contribution >= 0.6 is 0 Å². The van der Waals surface area contributed by atoms with Gasteiger partial charge in [-0.25, -0.2) is 9.18 Å². The Balaban J connectivity index is 1.25. The van der Waals surface area contributed by atoms with E-state index in [1.165, 1.54) is 17.8 Å². The van der Waals surface area contributed by atoms with Gasteiger partial charge < -0.3 is 18.8 Å². The van der Waals surface area contributed by atoms with E-state index in [-0.39, 0.29) is 11.8 Å². The van der Waals surface area contributed by atoms with Gasteiger partial charge in [0, 0.05) is 42.2 Å². The number of nitrogens with zero attached hydrogens (tertiary/aromatic N) is 3. The summed E-state index contributed by atoms with van der Waals surface area (Å²) in [5, 5.41) is 7.25. The molecule has 0 bridgehead atoms. The topological polar surface area (TPSA) is 67.5 Å². The summed E-state index contributed by atoms with van der Waals surface area (Å²) < 4.78 is 35.3. The molecule has 0 aliphatic carbocycles. The summed E-state index contributed by atoms with van der Waals surface area (Å²) in [4.78, 5) is 13.3. The molecule has 226 valence electrons. The monoisotopic (exact) mass is 585 g/mol. The maximum absolute atomic E-state index is 13.7. The fourth-order valence-electron chi connectivity index (χ4n) is 5.70. The van der Waals surface area contributed by atoms with E-state index in [4.69, 9.17) is 14.2 Å². The lowest BCUT2D eigenvalue weighted by atomic mass is 10.1. The van der Waals surface area contributed by atoms with Gasteiger partial charge in [-0.05, 0) is 86.4 Å². The molecule has 2 heterocycles. The Morgan fingerprint density at radius 1 is 0.930 bits per heavy atom. The van der Waals surface area contributed by atoms with Gasteiger partial charge in [-0.1, -0.05) is 37.3 Å². The molecular weight excluding hydrogens is 545 g/mol. The minimum absolute atomic E-state index is 0.268. The third-order valence-electron chi connectivity index (χ3n) is 7.74. The summed E-state index contributed by atoms with van der Waals surface area (Å²) in [5.41, 5.74) is 4.76. The van der Waals surface area contributed by atoms with Crippen molar-refractivity contribution < 1.29 is 23.4 Å². The number of para-hydroxylation sites is 1. The van der Waals surface area contributed by atoms with Crippen molar-refractivity contribution in [2.24, 2.45) is 7.05 Å². The summed E-state index contributed by atoms with van der Waals surface area (Å²) >= 11 is 0. The average molecular weight is 586 g/mol. The first-order valence-corrected chi connectivity index (χ1v) is 15.2. The third kappa shape index (κ3) is 7.08. The van der Waals surface area contributed by atoms with Crippen LogP contribution in [0.15, 0.2) is 66.7 Å². The fourth-order valence-corrected chi connectivity index (χ4v) is 5.70. The van der Waals surface area contributed by atoms with E-state index in [2.05, 4.69) is 34.8 Å². The number of rotatable bonds is 15. The van der Waals surface area contributed by atoms with Gasteiger partial charge in [-0.2, -0.15) is 5.10 Å². The number of esters is 1. The molecule has 43 heavy (non-hydrogen) atoms. The van der Waals surface area contributed by atoms with Gasteiger partial charge >= 0.3 is 5.97 Å². The van der Waals surface area contributed by atoms with Gasteiger partial charge in [0.2, 0.25) is 0 Å². The van der Waals surface area contributed by atoms with E-state index in [1.807, 2.05) is 49.0 Å². The average Bonchev–Trinajstić information content (AvgIpc) is 3.53. The summed E-state index contributed by atoms with van der Waals surface area (Å²) in [6, 6.07) is 20.6. The van der Waals surface area contributed by atoms with Crippen LogP contribution in [0.1, 0.15) is 60.5 Å². The first kappa shape index (κ1) is 30.3. The van der Waals surface area contributed by atoms with Crippen LogP contribution in [0.25, 0.3) is 21.7 Å². The molecule has 5 rings (SSSR count). The number of hydrogen-bond donors (Lipinski definition) is 0. The second kappa shape index (κ2) is 14.3. The molecule has 2 aromatic heterocycles. The zero-order chi connectivity index (χ0) is 30.2.